The van der Waals surface area contributed by atoms with E-state index in [0.29, 0.717) is 15.6 Å². The first-order valence-electron chi connectivity index (χ1n) is 12.6. The van der Waals surface area contributed by atoms with Crippen molar-refractivity contribution in [3.05, 3.63) is 89.9 Å². The van der Waals surface area contributed by atoms with Gasteiger partial charge in [-0.15, -0.1) is 0 Å². The maximum absolute atomic E-state index is 14.0. The van der Waals surface area contributed by atoms with Gasteiger partial charge in [0.15, 0.2) is 23.1 Å². The van der Waals surface area contributed by atoms with E-state index in [9.17, 15) is 34.4 Å². The highest BCUT2D eigenvalue weighted by atomic mass is 79.9. The fraction of sp³-hybridized carbons (Fsp3) is 0.241. The smallest absolute Gasteiger partial charge is 0.271 e. The standard InChI is InChI=1S/C29H20Br2N2O8/c1-41-22-8-12(30)7-18(27(22)36)23-15-5-6-16-24(17(15)10-19-25(23)21(34)11-20(31)26(19)35)29(38)32(28(16)37)13-3-2-4-14(9-13)33(39)40/h2-5,7-9,11,16-17,23-24,36H,6,10H2,1H3. The largest absolute Gasteiger partial charge is 0.504 e. The number of aromatic hydroxyl groups is 1. The number of carbonyl (C=O) groups excluding carboxylic acids is 4. The van der Waals surface area contributed by atoms with E-state index in [4.69, 9.17) is 4.74 Å². The molecule has 0 radical (unpaired) electrons. The number of ether oxygens (including phenoxy) is 1. The Balaban J connectivity index is 1.51. The molecule has 10 nitrogen and oxygen atoms in total. The number of imide groups is 1. The monoisotopic (exact) mass is 682 g/mol. The number of nitro benzene ring substituents is 1. The third-order valence-corrected chi connectivity index (χ3v) is 9.28. The summed E-state index contributed by atoms with van der Waals surface area (Å²) in [6, 6.07) is 8.55. The molecule has 1 fully saturated rings. The first-order chi connectivity index (χ1) is 19.5. The zero-order valence-electron chi connectivity index (χ0n) is 21.3. The second kappa shape index (κ2) is 9.88. The maximum Gasteiger partial charge on any atom is 0.271 e. The van der Waals surface area contributed by atoms with Crippen LogP contribution in [-0.2, 0) is 19.2 Å². The number of allylic oxidation sites excluding steroid dienone is 6. The normalized spacial score (nSPS) is 25.4. The summed E-state index contributed by atoms with van der Waals surface area (Å²) in [6.07, 6.45) is 3.25. The summed E-state index contributed by atoms with van der Waals surface area (Å²) in [5.41, 5.74) is 1.23. The van der Waals surface area contributed by atoms with E-state index in [1.807, 2.05) is 6.08 Å². The number of rotatable bonds is 4. The lowest BCUT2D eigenvalue weighted by Crippen LogP contribution is -2.39. The predicted octanol–water partition coefficient (Wildman–Crippen LogP) is 5.04. The van der Waals surface area contributed by atoms with Crippen LogP contribution in [0.5, 0.6) is 11.5 Å². The van der Waals surface area contributed by atoms with E-state index < -0.39 is 52.0 Å². The van der Waals surface area contributed by atoms with E-state index in [1.54, 1.807) is 12.1 Å². The second-order valence-electron chi connectivity index (χ2n) is 10.2. The van der Waals surface area contributed by atoms with Crippen LogP contribution in [0.15, 0.2) is 74.2 Å². The third kappa shape index (κ3) is 4.11. The van der Waals surface area contributed by atoms with Gasteiger partial charge in [-0.3, -0.25) is 29.3 Å². The zero-order valence-corrected chi connectivity index (χ0v) is 24.5. The Morgan fingerprint density at radius 2 is 1.83 bits per heavy atom. The van der Waals surface area contributed by atoms with Gasteiger partial charge in [0.05, 0.1) is 34.0 Å². The van der Waals surface area contributed by atoms with Crippen LogP contribution in [0, 0.1) is 27.9 Å². The molecular weight excluding hydrogens is 664 g/mol. The van der Waals surface area contributed by atoms with Crippen LogP contribution in [-0.4, -0.2) is 40.5 Å². The molecule has 4 unspecified atom stereocenters. The number of anilines is 1. The van der Waals surface area contributed by atoms with Crippen molar-refractivity contribution in [3.8, 4) is 11.5 Å². The fourth-order valence-corrected chi connectivity index (χ4v) is 7.43. The maximum atomic E-state index is 14.0. The molecule has 1 aliphatic heterocycles. The van der Waals surface area contributed by atoms with Crippen LogP contribution in [0.4, 0.5) is 11.4 Å². The van der Waals surface area contributed by atoms with E-state index in [0.717, 1.165) is 4.90 Å². The number of halogens is 2. The number of methoxy groups -OCH3 is 1. The summed E-state index contributed by atoms with van der Waals surface area (Å²) in [4.78, 5) is 66.1. The highest BCUT2D eigenvalue weighted by molar-refractivity contribution is 9.12. The molecule has 1 saturated heterocycles. The summed E-state index contributed by atoms with van der Waals surface area (Å²) >= 11 is 6.61. The molecule has 0 spiro atoms. The number of nitrogens with zero attached hydrogens (tertiary/aromatic N) is 2. The van der Waals surface area contributed by atoms with Gasteiger partial charge in [-0.2, -0.15) is 0 Å². The van der Waals surface area contributed by atoms with Gasteiger partial charge in [0.2, 0.25) is 11.8 Å². The van der Waals surface area contributed by atoms with Crippen molar-refractivity contribution in [2.75, 3.05) is 12.0 Å². The minimum atomic E-state index is -0.876. The fourth-order valence-electron chi connectivity index (χ4n) is 6.53. The number of hydrogen-bond donors (Lipinski definition) is 1. The van der Waals surface area contributed by atoms with Gasteiger partial charge >= 0.3 is 0 Å². The molecular formula is C29H20Br2N2O8. The Kier molecular flexibility index (Phi) is 6.57. The van der Waals surface area contributed by atoms with Gasteiger partial charge in [-0.25, -0.2) is 4.90 Å². The first-order valence-corrected chi connectivity index (χ1v) is 14.2. The van der Waals surface area contributed by atoms with Crippen LogP contribution in [0.1, 0.15) is 24.3 Å². The van der Waals surface area contributed by atoms with E-state index in [2.05, 4.69) is 31.9 Å². The van der Waals surface area contributed by atoms with Gasteiger partial charge in [-0.1, -0.05) is 33.6 Å². The van der Waals surface area contributed by atoms with Crippen molar-refractivity contribution in [1.82, 2.24) is 0 Å². The number of carbonyl (C=O) groups is 4. The van der Waals surface area contributed by atoms with Crippen molar-refractivity contribution >= 4 is 66.6 Å². The van der Waals surface area contributed by atoms with Gasteiger partial charge in [0.25, 0.3) is 5.69 Å². The molecule has 41 heavy (non-hydrogen) atoms. The molecule has 2 aromatic rings. The number of hydrogen-bond acceptors (Lipinski definition) is 8. The van der Waals surface area contributed by atoms with Gasteiger partial charge in [-0.05, 0) is 52.9 Å². The minimum Gasteiger partial charge on any atom is -0.504 e. The molecule has 208 valence electrons. The number of phenols is 1. The van der Waals surface area contributed by atoms with Crippen molar-refractivity contribution in [2.45, 2.75) is 18.8 Å². The third-order valence-electron chi connectivity index (χ3n) is 8.23. The molecule has 3 aliphatic carbocycles. The molecule has 4 atom stereocenters. The molecule has 2 amide bonds. The number of fused-ring (bicyclic) bond motifs is 3. The quantitative estimate of drug-likeness (QED) is 0.155. The van der Waals surface area contributed by atoms with Crippen LogP contribution < -0.4 is 9.64 Å². The molecule has 12 heteroatoms. The van der Waals surface area contributed by atoms with E-state index >= 15 is 0 Å². The molecule has 1 N–H and O–H groups in total. The number of phenolic OH excluding ortho intramolecular Hbond substituents is 1. The first kappa shape index (κ1) is 27.3. The number of benzene rings is 2. The molecule has 2 aromatic carbocycles. The SMILES string of the molecule is COc1cc(Br)cc(C2C3=CCC4C(=O)N(c5cccc([N+](=O)[O-])c5)C(=O)C4C3CC3=C2C(=O)C=C(Br)C3=O)c1O. The average molecular weight is 684 g/mol. The predicted molar refractivity (Wildman–Crippen MR) is 153 cm³/mol. The molecule has 6 rings (SSSR count). The van der Waals surface area contributed by atoms with Gasteiger partial charge in [0, 0.05) is 45.3 Å². The van der Waals surface area contributed by atoms with Crippen molar-refractivity contribution < 1.29 is 33.9 Å². The summed E-state index contributed by atoms with van der Waals surface area (Å²) in [5, 5.41) is 22.6. The molecule has 1 heterocycles. The number of Topliss-reactive ketones (excluding diaryl/α,β-unsaturated/α-hetero) is 1. The molecule has 0 aromatic heterocycles. The van der Waals surface area contributed by atoms with E-state index in [1.165, 1.54) is 37.5 Å². The number of non-ortho nitro benzene ring substituents is 1. The number of nitro groups is 1. The average Bonchev–Trinajstić information content (AvgIpc) is 3.21. The van der Waals surface area contributed by atoms with Gasteiger partial charge < -0.3 is 9.84 Å². The van der Waals surface area contributed by atoms with Crippen LogP contribution in [0.25, 0.3) is 0 Å². The summed E-state index contributed by atoms with van der Waals surface area (Å²) < 4.78 is 6.00. The lowest BCUT2D eigenvalue weighted by atomic mass is 9.59. The highest BCUT2D eigenvalue weighted by Crippen LogP contribution is 2.57. The number of ketones is 2. The molecule has 0 saturated carbocycles. The van der Waals surface area contributed by atoms with Crippen molar-refractivity contribution in [1.29, 1.82) is 0 Å². The Morgan fingerprint density at radius 3 is 2.54 bits per heavy atom. The Bertz CT molecular complexity index is 1710. The summed E-state index contributed by atoms with van der Waals surface area (Å²) in [5.74, 6) is -5.01. The van der Waals surface area contributed by atoms with Gasteiger partial charge in [0.1, 0.15) is 0 Å². The molecule has 4 aliphatic rings. The second-order valence-corrected chi connectivity index (χ2v) is 12.0. The van der Waals surface area contributed by atoms with Crippen LogP contribution >= 0.6 is 31.9 Å². The highest BCUT2D eigenvalue weighted by Gasteiger charge is 2.57. The Morgan fingerprint density at radius 1 is 1.07 bits per heavy atom. The van der Waals surface area contributed by atoms with Crippen molar-refractivity contribution in [2.24, 2.45) is 17.8 Å². The van der Waals surface area contributed by atoms with Crippen LogP contribution in [0.2, 0.25) is 0 Å². The lowest BCUT2D eigenvalue weighted by Gasteiger charge is -2.42. The minimum absolute atomic E-state index is 0.0417. The summed E-state index contributed by atoms with van der Waals surface area (Å²) in [7, 11) is 1.39. The number of amides is 2. The van der Waals surface area contributed by atoms with E-state index in [-0.39, 0.29) is 51.3 Å². The summed E-state index contributed by atoms with van der Waals surface area (Å²) in [6.45, 7) is 0. The lowest BCUT2D eigenvalue weighted by molar-refractivity contribution is -0.384. The molecule has 0 bridgehead atoms. The Hall–Kier alpha value is -3.90. The van der Waals surface area contributed by atoms with Crippen molar-refractivity contribution in [3.63, 3.8) is 0 Å². The van der Waals surface area contributed by atoms with Crippen LogP contribution in [0.3, 0.4) is 0 Å². The zero-order chi connectivity index (χ0) is 29.3. The Labute approximate surface area is 249 Å². The topological polar surface area (TPSA) is 144 Å².